The molecule has 2 nitrogen and oxygen atoms in total. The molecule has 1 aliphatic carbocycles. The van der Waals surface area contributed by atoms with Crippen LogP contribution in [0.1, 0.15) is 59.4 Å². The Morgan fingerprint density at radius 1 is 1.41 bits per heavy atom. The Balaban J connectivity index is 2.12. The summed E-state index contributed by atoms with van der Waals surface area (Å²) in [6, 6.07) is 0. The van der Waals surface area contributed by atoms with Crippen molar-refractivity contribution in [3.8, 4) is 0 Å². The van der Waals surface area contributed by atoms with E-state index >= 15 is 0 Å². The molecule has 0 amide bonds. The van der Waals surface area contributed by atoms with Crippen molar-refractivity contribution in [2.75, 3.05) is 0 Å². The zero-order valence-corrected chi connectivity index (χ0v) is 11.8. The Kier molecular flexibility index (Phi) is 3.97. The SMILES string of the molecule is CCC1CCCC(C(=O)c2sc(C)nc2C)C1. The number of carbonyl (C=O) groups is 1. The topological polar surface area (TPSA) is 30.0 Å². The summed E-state index contributed by atoms with van der Waals surface area (Å²) >= 11 is 1.56. The molecule has 0 N–H and O–H groups in total. The van der Waals surface area contributed by atoms with Crippen molar-refractivity contribution >= 4 is 17.1 Å². The van der Waals surface area contributed by atoms with Gasteiger partial charge in [0.15, 0.2) is 5.78 Å². The van der Waals surface area contributed by atoms with Crippen LogP contribution in [0, 0.1) is 25.7 Å². The number of aryl methyl sites for hydroxylation is 2. The van der Waals surface area contributed by atoms with Crippen LogP contribution in [0.2, 0.25) is 0 Å². The van der Waals surface area contributed by atoms with E-state index in [2.05, 4.69) is 11.9 Å². The number of nitrogens with zero attached hydrogens (tertiary/aromatic N) is 1. The van der Waals surface area contributed by atoms with Gasteiger partial charge in [-0.3, -0.25) is 4.79 Å². The number of aromatic nitrogens is 1. The highest BCUT2D eigenvalue weighted by molar-refractivity contribution is 7.13. The molecule has 2 rings (SSSR count). The molecule has 0 aromatic carbocycles. The van der Waals surface area contributed by atoms with Crippen LogP contribution in [0.25, 0.3) is 0 Å². The van der Waals surface area contributed by atoms with Crippen molar-refractivity contribution in [2.45, 2.75) is 52.9 Å². The van der Waals surface area contributed by atoms with Gasteiger partial charge in [-0.15, -0.1) is 11.3 Å². The Morgan fingerprint density at radius 2 is 2.18 bits per heavy atom. The van der Waals surface area contributed by atoms with Crippen molar-refractivity contribution in [2.24, 2.45) is 11.8 Å². The lowest BCUT2D eigenvalue weighted by molar-refractivity contribution is 0.0865. The predicted octanol–water partition coefficient (Wildman–Crippen LogP) is 4.16. The first-order valence-corrected chi connectivity index (χ1v) is 7.41. The van der Waals surface area contributed by atoms with Crippen LogP contribution in [-0.2, 0) is 0 Å². The van der Waals surface area contributed by atoms with Gasteiger partial charge in [0, 0.05) is 5.92 Å². The second-order valence-electron chi connectivity index (χ2n) is 5.15. The Hall–Kier alpha value is -0.700. The molecule has 1 fully saturated rings. The molecule has 0 spiro atoms. The van der Waals surface area contributed by atoms with Crippen molar-refractivity contribution in [1.82, 2.24) is 4.98 Å². The van der Waals surface area contributed by atoms with Crippen molar-refractivity contribution < 1.29 is 4.79 Å². The highest BCUT2D eigenvalue weighted by atomic mass is 32.1. The minimum atomic E-state index is 0.257. The van der Waals surface area contributed by atoms with Gasteiger partial charge in [-0.05, 0) is 32.6 Å². The van der Waals surface area contributed by atoms with Crippen LogP contribution in [0.5, 0.6) is 0 Å². The van der Waals surface area contributed by atoms with E-state index in [1.807, 2.05) is 13.8 Å². The number of thiazole rings is 1. The Morgan fingerprint density at radius 3 is 2.76 bits per heavy atom. The maximum absolute atomic E-state index is 12.5. The fraction of sp³-hybridized carbons (Fsp3) is 0.714. The summed E-state index contributed by atoms with van der Waals surface area (Å²) in [7, 11) is 0. The maximum atomic E-state index is 12.5. The highest BCUT2D eigenvalue weighted by Gasteiger charge is 2.29. The molecule has 17 heavy (non-hydrogen) atoms. The highest BCUT2D eigenvalue weighted by Crippen LogP contribution is 2.34. The number of hydrogen-bond donors (Lipinski definition) is 0. The summed E-state index contributed by atoms with van der Waals surface area (Å²) in [5.74, 6) is 1.37. The molecular formula is C14H21NOS. The number of rotatable bonds is 3. The minimum absolute atomic E-state index is 0.257. The van der Waals surface area contributed by atoms with Crippen LogP contribution in [0.3, 0.4) is 0 Å². The first-order valence-electron chi connectivity index (χ1n) is 6.60. The summed E-state index contributed by atoms with van der Waals surface area (Å²) < 4.78 is 0. The lowest BCUT2D eigenvalue weighted by Crippen LogP contribution is -2.22. The molecule has 0 aliphatic heterocycles. The second kappa shape index (κ2) is 5.30. The summed E-state index contributed by atoms with van der Waals surface area (Å²) in [5, 5.41) is 1.01. The molecule has 1 heterocycles. The van der Waals surface area contributed by atoms with E-state index in [9.17, 15) is 4.79 Å². The predicted molar refractivity (Wildman–Crippen MR) is 71.7 cm³/mol. The molecule has 94 valence electrons. The molecule has 2 atom stereocenters. The van der Waals surface area contributed by atoms with Gasteiger partial charge in [-0.1, -0.05) is 26.2 Å². The minimum Gasteiger partial charge on any atom is -0.293 e. The Bertz CT molecular complexity index is 410. The van der Waals surface area contributed by atoms with Gasteiger partial charge >= 0.3 is 0 Å². The van der Waals surface area contributed by atoms with E-state index in [0.717, 1.165) is 34.3 Å². The van der Waals surface area contributed by atoms with Gasteiger partial charge in [0.1, 0.15) is 0 Å². The summed E-state index contributed by atoms with van der Waals surface area (Å²) in [5.41, 5.74) is 0.927. The van der Waals surface area contributed by atoms with E-state index in [4.69, 9.17) is 0 Å². The number of ketones is 1. The third-order valence-electron chi connectivity index (χ3n) is 3.86. The largest absolute Gasteiger partial charge is 0.293 e. The number of carbonyl (C=O) groups excluding carboxylic acids is 1. The van der Waals surface area contributed by atoms with Gasteiger partial charge in [0.2, 0.25) is 0 Å². The molecule has 0 bridgehead atoms. The van der Waals surface area contributed by atoms with E-state index in [-0.39, 0.29) is 5.92 Å². The van der Waals surface area contributed by atoms with E-state index < -0.39 is 0 Å². The number of hydrogen-bond acceptors (Lipinski definition) is 3. The smallest absolute Gasteiger partial charge is 0.177 e. The first kappa shape index (κ1) is 12.7. The van der Waals surface area contributed by atoms with Gasteiger partial charge < -0.3 is 0 Å². The lowest BCUT2D eigenvalue weighted by atomic mass is 9.78. The zero-order chi connectivity index (χ0) is 12.4. The monoisotopic (exact) mass is 251 g/mol. The number of Topliss-reactive ketones (excluding diaryl/α,β-unsaturated/α-hetero) is 1. The van der Waals surface area contributed by atoms with Gasteiger partial charge in [0.05, 0.1) is 15.6 Å². The molecule has 1 aromatic rings. The van der Waals surface area contributed by atoms with Crippen LogP contribution in [-0.4, -0.2) is 10.8 Å². The van der Waals surface area contributed by atoms with Gasteiger partial charge in [-0.2, -0.15) is 0 Å². The molecule has 1 aliphatic rings. The van der Waals surface area contributed by atoms with Gasteiger partial charge in [0.25, 0.3) is 0 Å². The van der Waals surface area contributed by atoms with E-state index in [1.54, 1.807) is 11.3 Å². The standard InChI is InChI=1S/C14H21NOS/c1-4-11-6-5-7-12(8-11)13(16)14-9(2)15-10(3)17-14/h11-12H,4-8H2,1-3H3. The molecular weight excluding hydrogens is 230 g/mol. The quantitative estimate of drug-likeness (QED) is 0.755. The third-order valence-corrected chi connectivity index (χ3v) is 4.95. The average Bonchev–Trinajstić information content (AvgIpc) is 2.67. The summed E-state index contributed by atoms with van der Waals surface area (Å²) in [6.07, 6.45) is 5.90. The maximum Gasteiger partial charge on any atom is 0.177 e. The summed E-state index contributed by atoms with van der Waals surface area (Å²) in [4.78, 5) is 17.7. The Labute approximate surface area is 107 Å². The zero-order valence-electron chi connectivity index (χ0n) is 11.0. The fourth-order valence-corrected chi connectivity index (χ4v) is 3.78. The van der Waals surface area contributed by atoms with Crippen molar-refractivity contribution in [1.29, 1.82) is 0 Å². The van der Waals surface area contributed by atoms with E-state index in [0.29, 0.717) is 5.78 Å². The van der Waals surface area contributed by atoms with Crippen LogP contribution in [0.15, 0.2) is 0 Å². The first-order chi connectivity index (χ1) is 8.11. The lowest BCUT2D eigenvalue weighted by Gasteiger charge is -2.27. The van der Waals surface area contributed by atoms with Crippen LogP contribution < -0.4 is 0 Å². The molecule has 0 radical (unpaired) electrons. The molecule has 0 saturated heterocycles. The average molecular weight is 251 g/mol. The second-order valence-corrected chi connectivity index (χ2v) is 6.35. The third kappa shape index (κ3) is 2.76. The van der Waals surface area contributed by atoms with Gasteiger partial charge in [-0.25, -0.2) is 4.98 Å². The van der Waals surface area contributed by atoms with E-state index in [1.165, 1.54) is 19.3 Å². The van der Waals surface area contributed by atoms with Crippen LogP contribution >= 0.6 is 11.3 Å². The molecule has 2 unspecified atom stereocenters. The van der Waals surface area contributed by atoms with Crippen molar-refractivity contribution in [3.05, 3.63) is 15.6 Å². The molecule has 3 heteroatoms. The molecule has 1 saturated carbocycles. The summed E-state index contributed by atoms with van der Waals surface area (Å²) in [6.45, 7) is 6.17. The van der Waals surface area contributed by atoms with Crippen LogP contribution in [0.4, 0.5) is 0 Å². The normalized spacial score (nSPS) is 24.9. The molecule has 1 aromatic heterocycles. The fourth-order valence-electron chi connectivity index (χ4n) is 2.85. The van der Waals surface area contributed by atoms with Crippen molar-refractivity contribution in [3.63, 3.8) is 0 Å².